The first-order valence-electron chi connectivity index (χ1n) is 7.56. The number of nitro benzene ring substituents is 1. The zero-order chi connectivity index (χ0) is 19.6. The highest BCUT2D eigenvalue weighted by Gasteiger charge is 2.19. The Bertz CT molecular complexity index is 1040. The fraction of sp³-hybridized carbons (Fsp3) is 0.125. The number of benzene rings is 1. The van der Waals surface area contributed by atoms with E-state index < -0.39 is 16.4 Å². The summed E-state index contributed by atoms with van der Waals surface area (Å²) in [6.07, 6.45) is 3.63. The number of methoxy groups -OCH3 is 1. The zero-order valence-corrected chi connectivity index (χ0v) is 14.2. The van der Waals surface area contributed by atoms with Gasteiger partial charge in [-0.3, -0.25) is 14.9 Å². The normalized spacial score (nSPS) is 10.5. The molecule has 1 N–H and O–H groups in total. The van der Waals surface area contributed by atoms with Gasteiger partial charge in [0.15, 0.2) is 12.1 Å². The van der Waals surface area contributed by atoms with E-state index in [1.165, 1.54) is 24.2 Å². The van der Waals surface area contributed by atoms with Crippen LogP contribution in [0, 0.1) is 22.9 Å². The lowest BCUT2D eigenvalue weighted by Gasteiger charge is -2.11. The number of hydrogen-bond donors (Lipinski definition) is 1. The Hall–Kier alpha value is -3.89. The molecular weight excluding hydrogens is 359 g/mol. The minimum atomic E-state index is -1.02. The SMILES string of the molecule is COc1cc(F)c([N+](=O)[O-])cc1Nc1nccc(-n2cc(C=O)c(C)n2)n1. The minimum Gasteiger partial charge on any atom is -0.494 e. The van der Waals surface area contributed by atoms with Crippen molar-refractivity contribution < 1.29 is 18.8 Å². The molecule has 0 aliphatic heterocycles. The lowest BCUT2D eigenvalue weighted by molar-refractivity contribution is -0.387. The minimum absolute atomic E-state index is 0.0466. The topological polar surface area (TPSA) is 125 Å². The average Bonchev–Trinajstić information content (AvgIpc) is 3.03. The van der Waals surface area contributed by atoms with Crippen molar-refractivity contribution in [2.24, 2.45) is 0 Å². The first kappa shape index (κ1) is 17.9. The number of ether oxygens (including phenoxy) is 1. The molecule has 3 rings (SSSR count). The third kappa shape index (κ3) is 3.56. The smallest absolute Gasteiger partial charge is 0.307 e. The highest BCUT2D eigenvalue weighted by atomic mass is 19.1. The Kier molecular flexibility index (Phi) is 4.75. The van der Waals surface area contributed by atoms with Gasteiger partial charge in [-0.25, -0.2) is 9.67 Å². The van der Waals surface area contributed by atoms with Gasteiger partial charge < -0.3 is 10.1 Å². The summed E-state index contributed by atoms with van der Waals surface area (Å²) in [5, 5.41) is 17.9. The van der Waals surface area contributed by atoms with Crippen LogP contribution >= 0.6 is 0 Å². The summed E-state index contributed by atoms with van der Waals surface area (Å²) in [7, 11) is 1.30. The molecule has 0 spiro atoms. The van der Waals surface area contributed by atoms with E-state index in [2.05, 4.69) is 20.4 Å². The van der Waals surface area contributed by atoms with Gasteiger partial charge in [-0.2, -0.15) is 14.5 Å². The molecule has 0 aliphatic carbocycles. The fourth-order valence-corrected chi connectivity index (χ4v) is 2.31. The predicted octanol–water partition coefficient (Wildman–Crippen LogP) is 2.58. The van der Waals surface area contributed by atoms with Crippen molar-refractivity contribution in [1.82, 2.24) is 19.7 Å². The standard InChI is InChI=1S/C16H13FN6O4/c1-9-10(8-24)7-22(21-9)15-3-4-18-16(20-15)19-12-6-13(23(25)26)11(17)5-14(12)27-2/h3-8H,1-2H3,(H,18,19,20). The van der Waals surface area contributed by atoms with Crippen LogP contribution < -0.4 is 10.1 Å². The van der Waals surface area contributed by atoms with E-state index in [9.17, 15) is 19.3 Å². The van der Waals surface area contributed by atoms with Crippen molar-refractivity contribution in [1.29, 1.82) is 0 Å². The van der Waals surface area contributed by atoms with Crippen molar-refractivity contribution in [2.75, 3.05) is 12.4 Å². The number of aldehydes is 1. The molecule has 2 heterocycles. The van der Waals surface area contributed by atoms with Crippen LogP contribution in [0.1, 0.15) is 16.1 Å². The van der Waals surface area contributed by atoms with Crippen molar-refractivity contribution in [3.63, 3.8) is 0 Å². The van der Waals surface area contributed by atoms with Gasteiger partial charge >= 0.3 is 5.69 Å². The molecule has 0 saturated carbocycles. The molecule has 0 bridgehead atoms. The number of nitrogens with zero attached hydrogens (tertiary/aromatic N) is 5. The lowest BCUT2D eigenvalue weighted by Crippen LogP contribution is -2.05. The average molecular weight is 372 g/mol. The van der Waals surface area contributed by atoms with Crippen LogP contribution in [0.15, 0.2) is 30.6 Å². The fourth-order valence-electron chi connectivity index (χ4n) is 2.31. The second kappa shape index (κ2) is 7.15. The third-order valence-corrected chi connectivity index (χ3v) is 3.65. The molecule has 138 valence electrons. The first-order chi connectivity index (χ1) is 12.9. The van der Waals surface area contributed by atoms with Gasteiger partial charge in [0, 0.05) is 30.6 Å². The van der Waals surface area contributed by atoms with E-state index in [0.29, 0.717) is 23.4 Å². The molecular formula is C16H13FN6O4. The summed E-state index contributed by atoms with van der Waals surface area (Å²) in [6, 6.07) is 3.46. The largest absolute Gasteiger partial charge is 0.494 e. The number of carbonyl (C=O) groups excluding carboxylic acids is 1. The Balaban J connectivity index is 1.98. The third-order valence-electron chi connectivity index (χ3n) is 3.65. The Labute approximate surface area is 151 Å². The van der Waals surface area contributed by atoms with Crippen LogP contribution in [0.3, 0.4) is 0 Å². The van der Waals surface area contributed by atoms with Crippen molar-refractivity contribution in [2.45, 2.75) is 6.92 Å². The van der Waals surface area contributed by atoms with Gasteiger partial charge in [-0.05, 0) is 6.92 Å². The summed E-state index contributed by atoms with van der Waals surface area (Å²) >= 11 is 0. The Morgan fingerprint density at radius 2 is 2.19 bits per heavy atom. The van der Waals surface area contributed by atoms with Crippen LogP contribution in [0.25, 0.3) is 5.82 Å². The van der Waals surface area contributed by atoms with Crippen LogP contribution in [0.4, 0.5) is 21.7 Å². The number of aromatic nitrogens is 4. The summed E-state index contributed by atoms with van der Waals surface area (Å²) < 4.78 is 20.2. The number of aryl methyl sites for hydroxylation is 1. The number of carbonyl (C=O) groups is 1. The second-order valence-electron chi connectivity index (χ2n) is 5.36. The van der Waals surface area contributed by atoms with Gasteiger partial charge in [0.2, 0.25) is 11.8 Å². The molecule has 0 fully saturated rings. The maximum atomic E-state index is 13.7. The zero-order valence-electron chi connectivity index (χ0n) is 14.2. The summed E-state index contributed by atoms with van der Waals surface area (Å²) in [4.78, 5) is 29.4. The summed E-state index contributed by atoms with van der Waals surface area (Å²) in [5.74, 6) is -0.539. The molecule has 11 heteroatoms. The quantitative estimate of drug-likeness (QED) is 0.398. The van der Waals surface area contributed by atoms with Crippen molar-refractivity contribution >= 4 is 23.6 Å². The van der Waals surface area contributed by atoms with Crippen molar-refractivity contribution in [3.05, 3.63) is 57.8 Å². The monoisotopic (exact) mass is 372 g/mol. The van der Waals surface area contributed by atoms with E-state index >= 15 is 0 Å². The second-order valence-corrected chi connectivity index (χ2v) is 5.36. The predicted molar refractivity (Wildman–Crippen MR) is 92.2 cm³/mol. The Morgan fingerprint density at radius 1 is 1.41 bits per heavy atom. The van der Waals surface area contributed by atoms with Gasteiger partial charge in [0.25, 0.3) is 0 Å². The maximum absolute atomic E-state index is 13.7. The number of nitrogens with one attached hydrogen (secondary N) is 1. The molecule has 0 radical (unpaired) electrons. The molecule has 10 nitrogen and oxygen atoms in total. The van der Waals surface area contributed by atoms with Gasteiger partial charge in [-0.1, -0.05) is 0 Å². The van der Waals surface area contributed by atoms with Crippen LogP contribution in [0.5, 0.6) is 5.75 Å². The van der Waals surface area contributed by atoms with E-state index in [-0.39, 0.29) is 17.4 Å². The first-order valence-corrected chi connectivity index (χ1v) is 7.56. The van der Waals surface area contributed by atoms with E-state index in [1.54, 1.807) is 13.0 Å². The lowest BCUT2D eigenvalue weighted by atomic mass is 10.2. The molecule has 0 unspecified atom stereocenters. The van der Waals surface area contributed by atoms with E-state index in [4.69, 9.17) is 4.74 Å². The van der Waals surface area contributed by atoms with Gasteiger partial charge in [-0.15, -0.1) is 0 Å². The van der Waals surface area contributed by atoms with Crippen LogP contribution in [0.2, 0.25) is 0 Å². The molecule has 27 heavy (non-hydrogen) atoms. The number of rotatable bonds is 6. The highest BCUT2D eigenvalue weighted by molar-refractivity contribution is 5.76. The number of halogens is 1. The molecule has 0 aliphatic rings. The van der Waals surface area contributed by atoms with Gasteiger partial charge in [0.1, 0.15) is 5.75 Å². The van der Waals surface area contributed by atoms with E-state index in [1.807, 2.05) is 0 Å². The molecule has 3 aromatic rings. The van der Waals surface area contributed by atoms with Crippen LogP contribution in [-0.4, -0.2) is 38.1 Å². The molecule has 1 aromatic carbocycles. The van der Waals surface area contributed by atoms with Crippen LogP contribution in [-0.2, 0) is 0 Å². The molecule has 0 saturated heterocycles. The summed E-state index contributed by atoms with van der Waals surface area (Å²) in [5.41, 5.74) is 0.355. The van der Waals surface area contributed by atoms with E-state index in [0.717, 1.165) is 12.1 Å². The number of hydrogen-bond acceptors (Lipinski definition) is 8. The molecule has 0 amide bonds. The molecule has 0 atom stereocenters. The number of nitro groups is 1. The summed E-state index contributed by atoms with van der Waals surface area (Å²) in [6.45, 7) is 1.68. The Morgan fingerprint density at radius 3 is 2.81 bits per heavy atom. The maximum Gasteiger partial charge on any atom is 0.307 e. The van der Waals surface area contributed by atoms with Crippen molar-refractivity contribution in [3.8, 4) is 11.6 Å². The molecule has 2 aromatic heterocycles. The highest BCUT2D eigenvalue weighted by Crippen LogP contribution is 2.33. The van der Waals surface area contributed by atoms with Gasteiger partial charge in [0.05, 0.1) is 29.0 Å². The number of anilines is 2.